The van der Waals surface area contributed by atoms with Crippen LogP contribution in [0.3, 0.4) is 0 Å². The molecule has 0 rings (SSSR count). The summed E-state index contributed by atoms with van der Waals surface area (Å²) in [5, 5.41) is 0. The first-order valence-corrected chi connectivity index (χ1v) is 21.1. The van der Waals surface area contributed by atoms with E-state index in [9.17, 15) is 4.79 Å². The lowest BCUT2D eigenvalue weighted by molar-refractivity contribution is -0.143. The quantitative estimate of drug-likeness (QED) is 0.0383. The van der Waals surface area contributed by atoms with Crippen LogP contribution >= 0.6 is 0 Å². The highest BCUT2D eigenvalue weighted by Crippen LogP contribution is 2.19. The fourth-order valence-electron chi connectivity index (χ4n) is 6.85. The highest BCUT2D eigenvalue weighted by molar-refractivity contribution is 5.81. The molecule has 268 valence electrons. The summed E-state index contributed by atoms with van der Waals surface area (Å²) >= 11 is 0. The van der Waals surface area contributed by atoms with Crippen molar-refractivity contribution < 1.29 is 9.53 Å². The van der Waals surface area contributed by atoms with Gasteiger partial charge in [0.1, 0.15) is 6.10 Å². The smallest absolute Gasteiger partial charge is 0.330 e. The summed E-state index contributed by atoms with van der Waals surface area (Å²) in [6.45, 7) is 8.20. The molecule has 0 amide bonds. The van der Waals surface area contributed by atoms with Gasteiger partial charge in [-0.2, -0.15) is 0 Å². The normalized spacial score (nSPS) is 12.0. The van der Waals surface area contributed by atoms with Crippen LogP contribution in [0.1, 0.15) is 251 Å². The average Bonchev–Trinajstić information content (AvgIpc) is 3.05. The highest BCUT2D eigenvalue weighted by Gasteiger charge is 2.12. The Labute approximate surface area is 285 Å². The van der Waals surface area contributed by atoms with Gasteiger partial charge in [-0.05, 0) is 25.7 Å². The maximum atomic E-state index is 11.9. The van der Waals surface area contributed by atoms with Crippen molar-refractivity contribution in [2.24, 2.45) is 0 Å². The lowest BCUT2D eigenvalue weighted by Crippen LogP contribution is -2.16. The second-order valence-electron chi connectivity index (χ2n) is 14.5. The van der Waals surface area contributed by atoms with E-state index >= 15 is 0 Å². The topological polar surface area (TPSA) is 26.3 Å². The summed E-state index contributed by atoms with van der Waals surface area (Å²) in [7, 11) is 0. The van der Waals surface area contributed by atoms with Gasteiger partial charge in [0.15, 0.2) is 0 Å². The minimum atomic E-state index is -0.241. The standard InChI is InChI=1S/C43H84O2/c1-4-7-9-11-13-15-17-19-21-23-24-25-27-29-31-33-35-37-39-41-42(45-43(44)6-3)40-38-36-34-32-30-28-26-22-20-18-16-14-12-10-8-5-2/h6,42H,3-5,7-41H2,1-2H3. The number of carbonyl (C=O) groups is 1. The van der Waals surface area contributed by atoms with E-state index in [2.05, 4.69) is 20.4 Å². The van der Waals surface area contributed by atoms with E-state index < -0.39 is 0 Å². The van der Waals surface area contributed by atoms with Crippen LogP contribution in [0.4, 0.5) is 0 Å². The number of ether oxygens (including phenoxy) is 1. The predicted octanol–water partition coefficient (Wildman–Crippen LogP) is 15.6. The Morgan fingerprint density at radius 3 is 0.800 bits per heavy atom. The predicted molar refractivity (Wildman–Crippen MR) is 202 cm³/mol. The van der Waals surface area contributed by atoms with E-state index in [1.54, 1.807) is 0 Å². The summed E-state index contributed by atoms with van der Waals surface area (Å²) in [5.41, 5.74) is 0. The van der Waals surface area contributed by atoms with Crippen molar-refractivity contribution in [3.05, 3.63) is 12.7 Å². The number of rotatable bonds is 39. The first kappa shape index (κ1) is 44.2. The van der Waals surface area contributed by atoms with Crippen LogP contribution in [0.25, 0.3) is 0 Å². The molecule has 0 aliphatic carbocycles. The summed E-state index contributed by atoms with van der Waals surface area (Å²) in [5.74, 6) is -0.241. The van der Waals surface area contributed by atoms with Crippen LogP contribution in [0.5, 0.6) is 0 Å². The molecule has 45 heavy (non-hydrogen) atoms. The summed E-state index contributed by atoms with van der Waals surface area (Å²) in [6.07, 6.45) is 52.5. The van der Waals surface area contributed by atoms with Crippen molar-refractivity contribution in [1.82, 2.24) is 0 Å². The van der Waals surface area contributed by atoms with Gasteiger partial charge in [0.05, 0.1) is 0 Å². The van der Waals surface area contributed by atoms with Crippen molar-refractivity contribution in [2.45, 2.75) is 258 Å². The van der Waals surface area contributed by atoms with E-state index in [0.717, 1.165) is 12.8 Å². The minimum absolute atomic E-state index is 0.0907. The van der Waals surface area contributed by atoms with Gasteiger partial charge in [0.25, 0.3) is 0 Å². The highest BCUT2D eigenvalue weighted by atomic mass is 16.5. The molecule has 0 fully saturated rings. The fraction of sp³-hybridized carbons (Fsp3) is 0.930. The third kappa shape index (κ3) is 37.5. The van der Waals surface area contributed by atoms with Crippen molar-refractivity contribution in [3.63, 3.8) is 0 Å². The molecule has 0 aromatic heterocycles. The van der Waals surface area contributed by atoms with Gasteiger partial charge >= 0.3 is 5.97 Å². The van der Waals surface area contributed by atoms with Gasteiger partial charge in [0.2, 0.25) is 0 Å². The number of hydrogen-bond acceptors (Lipinski definition) is 2. The first-order valence-electron chi connectivity index (χ1n) is 21.1. The average molecular weight is 633 g/mol. The third-order valence-corrected chi connectivity index (χ3v) is 9.96. The minimum Gasteiger partial charge on any atom is -0.459 e. The van der Waals surface area contributed by atoms with Crippen molar-refractivity contribution in [1.29, 1.82) is 0 Å². The molecule has 0 N–H and O–H groups in total. The fourth-order valence-corrected chi connectivity index (χ4v) is 6.85. The van der Waals surface area contributed by atoms with Crippen molar-refractivity contribution >= 4 is 5.97 Å². The number of hydrogen-bond donors (Lipinski definition) is 0. The lowest BCUT2D eigenvalue weighted by Gasteiger charge is -2.17. The summed E-state index contributed by atoms with van der Waals surface area (Å²) in [4.78, 5) is 11.9. The zero-order valence-electron chi connectivity index (χ0n) is 31.3. The van der Waals surface area contributed by atoms with E-state index in [4.69, 9.17) is 4.74 Å². The van der Waals surface area contributed by atoms with E-state index in [1.807, 2.05) is 0 Å². The van der Waals surface area contributed by atoms with E-state index in [1.165, 1.54) is 231 Å². The van der Waals surface area contributed by atoms with Gasteiger partial charge in [-0.1, -0.05) is 232 Å². The molecule has 0 aliphatic rings. The van der Waals surface area contributed by atoms with Gasteiger partial charge in [-0.25, -0.2) is 4.79 Å². The van der Waals surface area contributed by atoms with Gasteiger partial charge < -0.3 is 4.74 Å². The zero-order valence-corrected chi connectivity index (χ0v) is 31.3. The molecule has 0 aliphatic heterocycles. The van der Waals surface area contributed by atoms with Crippen LogP contribution in [0.2, 0.25) is 0 Å². The van der Waals surface area contributed by atoms with Crippen molar-refractivity contribution in [2.75, 3.05) is 0 Å². The molecule has 2 nitrogen and oxygen atoms in total. The number of unbranched alkanes of at least 4 members (excludes halogenated alkanes) is 33. The number of carbonyl (C=O) groups excluding carboxylic acids is 1. The van der Waals surface area contributed by atoms with Gasteiger partial charge in [-0.15, -0.1) is 0 Å². The van der Waals surface area contributed by atoms with E-state index in [0.29, 0.717) is 0 Å². The molecule has 0 radical (unpaired) electrons. The van der Waals surface area contributed by atoms with Crippen LogP contribution in [0, 0.1) is 0 Å². The Kier molecular flexibility index (Phi) is 38.7. The van der Waals surface area contributed by atoms with Crippen LogP contribution in [0.15, 0.2) is 12.7 Å². The molecule has 0 aromatic rings. The molecule has 2 heteroatoms. The summed E-state index contributed by atoms with van der Waals surface area (Å²) in [6, 6.07) is 0. The Morgan fingerprint density at radius 1 is 0.400 bits per heavy atom. The second kappa shape index (κ2) is 39.4. The molecule has 0 saturated heterocycles. The molecule has 0 heterocycles. The monoisotopic (exact) mass is 633 g/mol. The van der Waals surface area contributed by atoms with Crippen LogP contribution < -0.4 is 0 Å². The Morgan fingerprint density at radius 2 is 0.600 bits per heavy atom. The van der Waals surface area contributed by atoms with Crippen LogP contribution in [-0.4, -0.2) is 12.1 Å². The zero-order chi connectivity index (χ0) is 32.7. The molecular formula is C43H84O2. The van der Waals surface area contributed by atoms with Crippen molar-refractivity contribution in [3.8, 4) is 0 Å². The Balaban J connectivity index is 3.54. The SMILES string of the molecule is C=CC(=O)OC(CCCCCCCCCCCCCCCCCC)CCCCCCCCCCCCCCCCCCCCC. The van der Waals surface area contributed by atoms with Crippen LogP contribution in [-0.2, 0) is 9.53 Å². The molecule has 0 aromatic carbocycles. The maximum Gasteiger partial charge on any atom is 0.330 e. The van der Waals surface area contributed by atoms with Gasteiger partial charge in [0, 0.05) is 6.08 Å². The molecular weight excluding hydrogens is 548 g/mol. The summed E-state index contributed by atoms with van der Waals surface area (Å²) < 4.78 is 5.70. The van der Waals surface area contributed by atoms with E-state index in [-0.39, 0.29) is 12.1 Å². The maximum absolute atomic E-state index is 11.9. The second-order valence-corrected chi connectivity index (χ2v) is 14.5. The molecule has 0 spiro atoms. The van der Waals surface area contributed by atoms with Gasteiger partial charge in [-0.3, -0.25) is 0 Å². The largest absolute Gasteiger partial charge is 0.459 e. The molecule has 0 saturated carbocycles. The lowest BCUT2D eigenvalue weighted by atomic mass is 10.0. The Bertz CT molecular complexity index is 570. The first-order chi connectivity index (χ1) is 22.2. The third-order valence-electron chi connectivity index (χ3n) is 9.96. The molecule has 1 atom stereocenters. The Hall–Kier alpha value is -0.790. The molecule has 1 unspecified atom stereocenters. The molecule has 0 bridgehead atoms. The number of esters is 1.